The normalized spacial score (nSPS) is 14.6. The Labute approximate surface area is 235 Å². The summed E-state index contributed by atoms with van der Waals surface area (Å²) in [6, 6.07) is 14.9. The summed E-state index contributed by atoms with van der Waals surface area (Å²) in [6.45, 7) is 2.58. The second-order valence-corrected chi connectivity index (χ2v) is 10.7. The number of hydrogen-bond acceptors (Lipinski definition) is 5. The van der Waals surface area contributed by atoms with Gasteiger partial charge in [0.05, 0.1) is 21.6 Å². The molecule has 0 spiro atoms. The van der Waals surface area contributed by atoms with Crippen LogP contribution in [-0.2, 0) is 17.9 Å². The van der Waals surface area contributed by atoms with Crippen LogP contribution in [0.15, 0.2) is 59.5 Å². The fraction of sp³-hybridized carbons (Fsp3) is 0.154. The average Bonchev–Trinajstić information content (AvgIpc) is 3.08. The maximum atomic E-state index is 13.3. The fourth-order valence-electron chi connectivity index (χ4n) is 3.42. The van der Waals surface area contributed by atoms with Gasteiger partial charge in [0, 0.05) is 10.0 Å². The first-order valence-electron chi connectivity index (χ1n) is 10.8. The first kappa shape index (κ1) is 26.8. The summed E-state index contributed by atoms with van der Waals surface area (Å²) < 4.78 is 26.0. The van der Waals surface area contributed by atoms with Crippen LogP contribution in [0.5, 0.6) is 11.5 Å². The Kier molecular flexibility index (Phi) is 8.82. The van der Waals surface area contributed by atoms with Gasteiger partial charge in [-0.3, -0.25) is 14.5 Å². The first-order chi connectivity index (χ1) is 17.2. The quantitative estimate of drug-likeness (QED) is 0.182. The van der Waals surface area contributed by atoms with Crippen molar-refractivity contribution in [2.75, 3.05) is 6.61 Å². The number of nitrogens with zero attached hydrogens (tertiary/aromatic N) is 1. The molecule has 1 aliphatic rings. The van der Waals surface area contributed by atoms with Crippen LogP contribution in [-0.4, -0.2) is 22.7 Å². The van der Waals surface area contributed by atoms with Crippen molar-refractivity contribution >= 4 is 74.8 Å². The third-order valence-electron chi connectivity index (χ3n) is 5.14. The summed E-state index contributed by atoms with van der Waals surface area (Å²) in [7, 11) is 0. The van der Waals surface area contributed by atoms with Gasteiger partial charge < -0.3 is 9.47 Å². The standard InChI is InChI=1S/C26H19Cl2FINO4S/c1-2-34-22-10-16(9-21(30)24(22)35-14-15-3-6-18(27)7-4-15)11-23-25(32)31(26(33)36-23)13-17-5-8-19(29)12-20(17)28/h3-12H,2,13-14H2,1H3/b23-11-. The second-order valence-electron chi connectivity index (χ2n) is 7.68. The lowest BCUT2D eigenvalue weighted by Gasteiger charge is -2.15. The van der Waals surface area contributed by atoms with Crippen LogP contribution >= 0.6 is 57.6 Å². The number of amides is 2. The van der Waals surface area contributed by atoms with E-state index in [2.05, 4.69) is 22.6 Å². The van der Waals surface area contributed by atoms with Crippen LogP contribution in [0, 0.1) is 9.39 Å². The van der Waals surface area contributed by atoms with Gasteiger partial charge in [-0.05, 0) is 100 Å². The molecule has 5 nitrogen and oxygen atoms in total. The summed E-state index contributed by atoms with van der Waals surface area (Å²) in [4.78, 5) is 26.9. The summed E-state index contributed by atoms with van der Waals surface area (Å²) in [5.74, 6) is 0.185. The third-order valence-corrected chi connectivity index (χ3v) is 7.46. The van der Waals surface area contributed by atoms with Crippen molar-refractivity contribution in [1.82, 2.24) is 4.90 Å². The molecule has 0 aromatic heterocycles. The van der Waals surface area contributed by atoms with Crippen LogP contribution in [0.4, 0.5) is 9.18 Å². The van der Waals surface area contributed by atoms with Crippen molar-refractivity contribution in [3.05, 3.63) is 95.6 Å². The highest BCUT2D eigenvalue weighted by molar-refractivity contribution is 14.1. The molecule has 0 N–H and O–H groups in total. The molecule has 0 radical (unpaired) electrons. The zero-order valence-electron chi connectivity index (χ0n) is 18.9. The zero-order chi connectivity index (χ0) is 25.8. The molecule has 36 heavy (non-hydrogen) atoms. The predicted octanol–water partition coefficient (Wildman–Crippen LogP) is 7.95. The molecule has 2 amide bonds. The van der Waals surface area contributed by atoms with Crippen molar-refractivity contribution in [2.45, 2.75) is 20.1 Å². The summed E-state index contributed by atoms with van der Waals surface area (Å²) >= 11 is 15.0. The molecule has 1 saturated heterocycles. The van der Waals surface area contributed by atoms with Crippen LogP contribution in [0.25, 0.3) is 6.08 Å². The molecule has 1 fully saturated rings. The van der Waals surface area contributed by atoms with Gasteiger partial charge in [-0.25, -0.2) is 4.39 Å². The largest absolute Gasteiger partial charge is 0.490 e. The lowest BCUT2D eigenvalue weighted by Crippen LogP contribution is -2.27. The highest BCUT2D eigenvalue weighted by atomic mass is 127. The molecule has 1 aliphatic heterocycles. The van der Waals surface area contributed by atoms with E-state index < -0.39 is 17.0 Å². The van der Waals surface area contributed by atoms with Crippen molar-refractivity contribution < 1.29 is 23.5 Å². The molecule has 0 bridgehead atoms. The number of carbonyl (C=O) groups is 2. The van der Waals surface area contributed by atoms with E-state index in [1.165, 1.54) is 12.1 Å². The third kappa shape index (κ3) is 6.34. The molecule has 186 valence electrons. The van der Waals surface area contributed by atoms with Crippen molar-refractivity contribution in [2.24, 2.45) is 0 Å². The number of benzene rings is 3. The van der Waals surface area contributed by atoms with Crippen molar-refractivity contribution in [3.63, 3.8) is 0 Å². The zero-order valence-corrected chi connectivity index (χ0v) is 23.4. The Morgan fingerprint density at radius 1 is 1.06 bits per heavy atom. The molecule has 0 unspecified atom stereocenters. The van der Waals surface area contributed by atoms with E-state index in [0.29, 0.717) is 40.9 Å². The molecule has 10 heteroatoms. The summed E-state index contributed by atoms with van der Waals surface area (Å²) in [5.41, 5.74) is 2.13. The van der Waals surface area contributed by atoms with Gasteiger partial charge in [-0.2, -0.15) is 0 Å². The van der Waals surface area contributed by atoms with Gasteiger partial charge >= 0.3 is 0 Å². The van der Waals surface area contributed by atoms with Crippen LogP contribution in [0.2, 0.25) is 10.0 Å². The molecular weight excluding hydrogens is 639 g/mol. The Hall–Kier alpha value is -2.27. The van der Waals surface area contributed by atoms with E-state index >= 15 is 0 Å². The number of imide groups is 1. The van der Waals surface area contributed by atoms with E-state index in [1.807, 2.05) is 25.1 Å². The number of hydrogen-bond donors (Lipinski definition) is 0. The van der Waals surface area contributed by atoms with E-state index in [-0.39, 0.29) is 16.5 Å². The average molecular weight is 658 g/mol. The predicted molar refractivity (Wildman–Crippen MR) is 149 cm³/mol. The van der Waals surface area contributed by atoms with Gasteiger partial charge in [-0.1, -0.05) is 41.4 Å². The lowest BCUT2D eigenvalue weighted by atomic mass is 10.1. The summed E-state index contributed by atoms with van der Waals surface area (Å²) in [5, 5.41) is 0.385. The van der Waals surface area contributed by atoms with E-state index in [1.54, 1.807) is 24.3 Å². The molecule has 3 aromatic carbocycles. The smallest absolute Gasteiger partial charge is 0.293 e. The Morgan fingerprint density at radius 2 is 1.81 bits per heavy atom. The van der Waals surface area contributed by atoms with Crippen molar-refractivity contribution in [3.8, 4) is 11.5 Å². The minimum Gasteiger partial charge on any atom is -0.490 e. The van der Waals surface area contributed by atoms with E-state index in [0.717, 1.165) is 31.9 Å². The van der Waals surface area contributed by atoms with Crippen molar-refractivity contribution in [1.29, 1.82) is 0 Å². The minimum absolute atomic E-state index is 0.0413. The fourth-order valence-corrected chi connectivity index (χ4v) is 5.39. The molecule has 0 saturated carbocycles. The van der Waals surface area contributed by atoms with E-state index in [9.17, 15) is 14.0 Å². The molecule has 4 rings (SSSR count). The highest BCUT2D eigenvalue weighted by Crippen LogP contribution is 2.38. The molecule has 3 aromatic rings. The van der Waals surface area contributed by atoms with Gasteiger partial charge in [0.1, 0.15) is 12.4 Å². The highest BCUT2D eigenvalue weighted by Gasteiger charge is 2.35. The van der Waals surface area contributed by atoms with Crippen LogP contribution in [0.1, 0.15) is 23.6 Å². The Balaban J connectivity index is 1.55. The van der Waals surface area contributed by atoms with Crippen LogP contribution < -0.4 is 9.47 Å². The topological polar surface area (TPSA) is 55.8 Å². The number of ether oxygens (including phenoxy) is 2. The van der Waals surface area contributed by atoms with Gasteiger partial charge in [0.25, 0.3) is 11.1 Å². The van der Waals surface area contributed by atoms with Crippen LogP contribution in [0.3, 0.4) is 0 Å². The Bertz CT molecular complexity index is 1350. The number of thioether (sulfide) groups is 1. The first-order valence-corrected chi connectivity index (χ1v) is 13.4. The van der Waals surface area contributed by atoms with E-state index in [4.69, 9.17) is 32.7 Å². The summed E-state index contributed by atoms with van der Waals surface area (Å²) in [6.07, 6.45) is 1.64. The monoisotopic (exact) mass is 657 g/mol. The van der Waals surface area contributed by atoms with Gasteiger partial charge in [0.15, 0.2) is 11.5 Å². The maximum Gasteiger partial charge on any atom is 0.293 e. The maximum absolute atomic E-state index is 13.3. The Morgan fingerprint density at radius 3 is 2.50 bits per heavy atom. The number of carbonyl (C=O) groups excluding carboxylic acids is 2. The number of halogens is 4. The molecular formula is C26H19Cl2FINO4S. The molecule has 1 heterocycles. The lowest BCUT2D eigenvalue weighted by molar-refractivity contribution is -0.123. The molecule has 0 atom stereocenters. The molecule has 0 aliphatic carbocycles. The second kappa shape index (κ2) is 11.9. The van der Waals surface area contributed by atoms with Gasteiger partial charge in [-0.15, -0.1) is 0 Å². The SMILES string of the molecule is CCOc1cc(/C=C2\SC(=O)N(Cc3ccc(F)cc3Cl)C2=O)cc(I)c1OCc1ccc(Cl)cc1. The van der Waals surface area contributed by atoms with Gasteiger partial charge in [0.2, 0.25) is 0 Å². The minimum atomic E-state index is -0.488. The number of rotatable bonds is 8.